The van der Waals surface area contributed by atoms with Crippen molar-refractivity contribution < 1.29 is 38.6 Å². The van der Waals surface area contributed by atoms with E-state index < -0.39 is 60.2 Å². The van der Waals surface area contributed by atoms with Crippen molar-refractivity contribution in [2.24, 2.45) is 29.6 Å². The van der Waals surface area contributed by atoms with Gasteiger partial charge in [0.15, 0.2) is 0 Å². The molecule has 5 N–H and O–H groups in total. The van der Waals surface area contributed by atoms with Gasteiger partial charge >= 0.3 is 5.97 Å². The van der Waals surface area contributed by atoms with E-state index >= 15 is 0 Å². The highest BCUT2D eigenvalue weighted by Gasteiger charge is 2.42. The highest BCUT2D eigenvalue weighted by Crippen LogP contribution is 2.42. The first-order valence-corrected chi connectivity index (χ1v) is 19.7. The van der Waals surface area contributed by atoms with E-state index in [2.05, 4.69) is 21.3 Å². The van der Waals surface area contributed by atoms with Crippen molar-refractivity contribution in [3.8, 4) is 0 Å². The number of nitrogens with zero attached hydrogens (tertiary/aromatic N) is 1. The average Bonchev–Trinajstić information content (AvgIpc) is 3.71. The normalized spacial score (nSPS) is 18.0. The number of amides is 4. The van der Waals surface area contributed by atoms with Crippen molar-refractivity contribution in [2.75, 3.05) is 28.3 Å². The van der Waals surface area contributed by atoms with Crippen LogP contribution in [0.5, 0.6) is 0 Å². The number of carbonyl (C=O) groups excluding carboxylic acids is 4. The van der Waals surface area contributed by atoms with E-state index in [1.165, 1.54) is 25.4 Å². The van der Waals surface area contributed by atoms with Crippen molar-refractivity contribution in [3.05, 3.63) is 47.0 Å². The molecule has 0 aromatic heterocycles. The summed E-state index contributed by atoms with van der Waals surface area (Å²) in [7, 11) is 6.41. The molecule has 4 amide bonds. The molecule has 2 rings (SSSR count). The minimum Gasteiger partial charge on any atom is -0.480 e. The van der Waals surface area contributed by atoms with Gasteiger partial charge in [-0.25, -0.2) is 4.79 Å². The second kappa shape index (κ2) is 22.1. The summed E-state index contributed by atoms with van der Waals surface area (Å²) in [6, 6.07) is 5.55. The van der Waals surface area contributed by atoms with Crippen LogP contribution in [0.4, 0.5) is 0 Å². The lowest BCUT2D eigenvalue weighted by Gasteiger charge is -2.40. The predicted molar refractivity (Wildman–Crippen MR) is 214 cm³/mol. The zero-order valence-electron chi connectivity index (χ0n) is 35.4. The Morgan fingerprint density at radius 3 is 1.87 bits per heavy atom. The summed E-state index contributed by atoms with van der Waals surface area (Å²) in [6.45, 7) is 17.4. The highest BCUT2D eigenvalue weighted by atomic mass is 16.5. The first kappa shape index (κ1) is 47.3. The number of rotatable bonds is 24. The van der Waals surface area contributed by atoms with E-state index in [-0.39, 0.29) is 54.2 Å². The third kappa shape index (κ3) is 13.1. The third-order valence-electron chi connectivity index (χ3n) is 11.5. The number of aliphatic carboxylic acids is 1. The van der Waals surface area contributed by atoms with Crippen LogP contribution in [-0.2, 0) is 39.9 Å². The summed E-state index contributed by atoms with van der Waals surface area (Å²) < 4.78 is 11.9. The van der Waals surface area contributed by atoms with Gasteiger partial charge in [0.1, 0.15) is 12.1 Å². The van der Waals surface area contributed by atoms with Gasteiger partial charge < -0.3 is 40.7 Å². The maximum absolute atomic E-state index is 14.2. The van der Waals surface area contributed by atoms with Crippen molar-refractivity contribution in [2.45, 2.75) is 130 Å². The summed E-state index contributed by atoms with van der Waals surface area (Å²) in [5, 5.41) is 21.8. The molecule has 0 saturated heterocycles. The molecule has 1 aromatic rings. The molecule has 1 aromatic carbocycles. The van der Waals surface area contributed by atoms with Gasteiger partial charge in [-0.1, -0.05) is 96.4 Å². The lowest BCUT2D eigenvalue weighted by Crippen LogP contribution is -2.59. The Balaban J connectivity index is 2.33. The Bertz CT molecular complexity index is 1450. The van der Waals surface area contributed by atoms with Gasteiger partial charge in [0.05, 0.1) is 42.7 Å². The molecule has 0 radical (unpaired) electrons. The highest BCUT2D eigenvalue weighted by molar-refractivity contribution is 5.90. The molecule has 0 unspecified atom stereocenters. The zero-order valence-corrected chi connectivity index (χ0v) is 35.4. The van der Waals surface area contributed by atoms with Crippen molar-refractivity contribution in [3.63, 3.8) is 0 Å². The first-order chi connectivity index (χ1) is 25.8. The molecular weight excluding hydrogens is 702 g/mol. The molecule has 9 atom stereocenters. The van der Waals surface area contributed by atoms with Crippen LogP contribution in [0.25, 0.3) is 0 Å². The Kier molecular flexibility index (Phi) is 19.0. The Morgan fingerprint density at radius 2 is 1.42 bits per heavy atom. The van der Waals surface area contributed by atoms with Gasteiger partial charge in [0.25, 0.3) is 0 Å². The van der Waals surface area contributed by atoms with E-state index in [0.717, 1.165) is 5.56 Å². The maximum atomic E-state index is 14.2. The van der Waals surface area contributed by atoms with Crippen LogP contribution in [0.1, 0.15) is 87.1 Å². The fourth-order valence-electron chi connectivity index (χ4n) is 7.57. The van der Waals surface area contributed by atoms with E-state index in [1.54, 1.807) is 25.9 Å². The minimum atomic E-state index is -1.15. The van der Waals surface area contributed by atoms with Gasteiger partial charge in [0.2, 0.25) is 23.6 Å². The molecule has 1 aliphatic carbocycles. The molecule has 13 heteroatoms. The molecule has 0 heterocycles. The fourth-order valence-corrected chi connectivity index (χ4v) is 7.57. The molecule has 0 fully saturated rings. The number of nitrogens with one attached hydrogen (secondary N) is 4. The van der Waals surface area contributed by atoms with Crippen molar-refractivity contribution in [1.29, 1.82) is 0 Å². The summed E-state index contributed by atoms with van der Waals surface area (Å²) in [5.41, 5.74) is 3.21. The molecule has 0 bridgehead atoms. The van der Waals surface area contributed by atoms with Crippen LogP contribution in [0.15, 0.2) is 41.5 Å². The third-order valence-corrected chi connectivity index (χ3v) is 11.5. The molecule has 13 nitrogen and oxygen atoms in total. The number of likely N-dealkylation sites (N-methyl/N-ethyl adjacent to an activating group) is 2. The molecule has 0 spiro atoms. The lowest BCUT2D eigenvalue weighted by atomic mass is 9.89. The molecule has 0 aliphatic heterocycles. The van der Waals surface area contributed by atoms with Gasteiger partial charge in [0, 0.05) is 33.6 Å². The van der Waals surface area contributed by atoms with Crippen LogP contribution in [-0.4, -0.2) is 110 Å². The molecule has 1 aliphatic rings. The largest absolute Gasteiger partial charge is 0.480 e. The van der Waals surface area contributed by atoms with E-state index in [1.807, 2.05) is 85.7 Å². The molecule has 0 saturated carbocycles. The van der Waals surface area contributed by atoms with Crippen LogP contribution in [0.3, 0.4) is 0 Å². The number of carbonyl (C=O) groups is 5. The maximum Gasteiger partial charge on any atom is 0.326 e. The van der Waals surface area contributed by atoms with Crippen molar-refractivity contribution >= 4 is 29.6 Å². The van der Waals surface area contributed by atoms with Crippen LogP contribution >= 0.6 is 0 Å². The second-order valence-electron chi connectivity index (χ2n) is 16.0. The monoisotopic (exact) mass is 772 g/mol. The van der Waals surface area contributed by atoms with Crippen LogP contribution in [0.2, 0.25) is 0 Å². The number of carboxylic acid groups (broad SMARTS) is 1. The topological polar surface area (TPSA) is 175 Å². The average molecular weight is 772 g/mol. The predicted octanol–water partition coefficient (Wildman–Crippen LogP) is 3.95. The minimum absolute atomic E-state index is 0.0126. The summed E-state index contributed by atoms with van der Waals surface area (Å²) in [6.07, 6.45) is -0.258. The van der Waals surface area contributed by atoms with Gasteiger partial charge in [-0.2, -0.15) is 0 Å². The number of methoxy groups -OCH3 is 2. The summed E-state index contributed by atoms with van der Waals surface area (Å²) in [4.78, 5) is 68.8. The Morgan fingerprint density at radius 1 is 0.836 bits per heavy atom. The van der Waals surface area contributed by atoms with Gasteiger partial charge in [-0.15, -0.1) is 0 Å². The number of ether oxygens (including phenoxy) is 2. The van der Waals surface area contributed by atoms with Gasteiger partial charge in [-0.3, -0.25) is 19.2 Å². The standard InChI is InChI=1S/C42H69N5O8/c1-14-25(6)37(47(11)41(51)36(24(4)5)46-40(50)35(43-10)23(2)3)33(54-12)22-34(48)44-31(21-30-26(7)27(30)8)38(55-13)28(9)39(49)45-32(42(52)53)20-29-18-16-15-17-19-29/h15-19,23-25,28,30-33,35-38,43H,14,20-22H2,1-13H3,(H,44,48)(H,45,49)(H,46,50)(H,52,53)/t25-,28+,31-,32-,33+,35-,36-,37-,38+/m0/s1. The number of carboxylic acids is 1. The Hall–Kier alpha value is -3.81. The lowest BCUT2D eigenvalue weighted by molar-refractivity contribution is -0.145. The Labute approximate surface area is 329 Å². The smallest absolute Gasteiger partial charge is 0.326 e. The van der Waals surface area contributed by atoms with Crippen molar-refractivity contribution in [1.82, 2.24) is 26.2 Å². The number of allylic oxidation sites excluding steroid dienone is 2. The number of hydrogen-bond acceptors (Lipinski definition) is 8. The quantitative estimate of drug-likeness (QED) is 0.0976. The van der Waals surface area contributed by atoms with Crippen LogP contribution in [0, 0.1) is 29.6 Å². The molecule has 55 heavy (non-hydrogen) atoms. The fraction of sp³-hybridized carbons (Fsp3) is 0.690. The first-order valence-electron chi connectivity index (χ1n) is 19.7. The number of hydrogen-bond donors (Lipinski definition) is 5. The summed E-state index contributed by atoms with van der Waals surface area (Å²) in [5.74, 6) is -3.46. The summed E-state index contributed by atoms with van der Waals surface area (Å²) >= 11 is 0. The number of benzene rings is 1. The van der Waals surface area contributed by atoms with Gasteiger partial charge in [-0.05, 0) is 50.6 Å². The van der Waals surface area contributed by atoms with E-state index in [4.69, 9.17) is 9.47 Å². The molecular formula is C42H69N5O8. The van der Waals surface area contributed by atoms with E-state index in [9.17, 15) is 29.1 Å². The van der Waals surface area contributed by atoms with E-state index in [0.29, 0.717) is 12.8 Å². The second-order valence-corrected chi connectivity index (χ2v) is 16.0. The zero-order chi connectivity index (χ0) is 41.7. The SMILES string of the molecule is CC[C@H](C)[C@@H]([C@@H](CC(=O)N[C@@H](CC1C(C)=C1C)[C@H](OC)[C@@H](C)C(=O)N[C@@H](Cc1ccccc1)C(=O)O)OC)N(C)C(=O)[C@@H](NC(=O)[C@@H](NC)C(C)C)C(C)C. The van der Waals surface area contributed by atoms with Crippen LogP contribution < -0.4 is 21.3 Å². The molecule has 310 valence electrons.